The molecule has 5 heteroatoms. The Hall–Kier alpha value is -2.66. The molecular formula is C21H21NO3S. The molecule has 4 nitrogen and oxygen atoms in total. The van der Waals surface area contributed by atoms with Crippen LogP contribution < -0.4 is 5.32 Å². The maximum Gasteiger partial charge on any atom is 0.348 e. The molecule has 1 aromatic heterocycles. The summed E-state index contributed by atoms with van der Waals surface area (Å²) in [6, 6.07) is 17.3. The van der Waals surface area contributed by atoms with Crippen LogP contribution in [0.3, 0.4) is 0 Å². The Balaban J connectivity index is 1.61. The van der Waals surface area contributed by atoms with Crippen molar-refractivity contribution in [2.45, 2.75) is 26.2 Å². The number of hydrogen-bond acceptors (Lipinski definition) is 4. The van der Waals surface area contributed by atoms with Gasteiger partial charge in [0.1, 0.15) is 4.88 Å². The molecule has 0 saturated heterocycles. The molecule has 0 aliphatic heterocycles. The number of thiophene rings is 1. The van der Waals surface area contributed by atoms with Gasteiger partial charge in [-0.1, -0.05) is 50.2 Å². The molecule has 1 heterocycles. The summed E-state index contributed by atoms with van der Waals surface area (Å²) in [5.74, 6) is -0.473. The Morgan fingerprint density at radius 2 is 1.85 bits per heavy atom. The topological polar surface area (TPSA) is 55.4 Å². The number of para-hydroxylation sites is 1. The minimum Gasteiger partial charge on any atom is -0.451 e. The van der Waals surface area contributed by atoms with Gasteiger partial charge in [0.25, 0.3) is 5.91 Å². The molecule has 1 N–H and O–H groups in total. The average Bonchev–Trinajstić information content (AvgIpc) is 3.10. The van der Waals surface area contributed by atoms with E-state index >= 15 is 0 Å². The van der Waals surface area contributed by atoms with Gasteiger partial charge in [-0.15, -0.1) is 11.3 Å². The van der Waals surface area contributed by atoms with Crippen molar-refractivity contribution in [2.75, 3.05) is 11.9 Å². The quantitative estimate of drug-likeness (QED) is 0.609. The van der Waals surface area contributed by atoms with Crippen molar-refractivity contribution in [3.05, 3.63) is 65.0 Å². The molecule has 3 aromatic rings. The highest BCUT2D eigenvalue weighted by Crippen LogP contribution is 2.27. The molecule has 0 unspecified atom stereocenters. The fourth-order valence-electron chi connectivity index (χ4n) is 2.73. The number of benzene rings is 2. The molecule has 2 aromatic carbocycles. The summed E-state index contributed by atoms with van der Waals surface area (Å²) in [6.07, 6.45) is 0.980. The van der Waals surface area contributed by atoms with Crippen molar-refractivity contribution in [3.8, 4) is 0 Å². The Labute approximate surface area is 156 Å². The first-order valence-corrected chi connectivity index (χ1v) is 9.44. The second kappa shape index (κ2) is 8.15. The molecule has 1 amide bonds. The number of esters is 1. The normalized spacial score (nSPS) is 11.9. The van der Waals surface area contributed by atoms with Gasteiger partial charge < -0.3 is 10.1 Å². The molecule has 3 rings (SSSR count). The van der Waals surface area contributed by atoms with Crippen LogP contribution in [0.2, 0.25) is 0 Å². The molecule has 0 fully saturated rings. The third-order valence-corrected chi connectivity index (χ3v) is 5.44. The lowest BCUT2D eigenvalue weighted by atomic mass is 9.97. The van der Waals surface area contributed by atoms with Crippen LogP contribution in [0.25, 0.3) is 10.1 Å². The van der Waals surface area contributed by atoms with Crippen molar-refractivity contribution in [3.63, 3.8) is 0 Å². The maximum absolute atomic E-state index is 12.2. The van der Waals surface area contributed by atoms with Gasteiger partial charge in [0.05, 0.1) is 0 Å². The molecule has 0 aliphatic rings. The highest BCUT2D eigenvalue weighted by molar-refractivity contribution is 7.20. The number of ether oxygens (including phenoxy) is 1. The molecular weight excluding hydrogens is 346 g/mol. The first kappa shape index (κ1) is 18.1. The van der Waals surface area contributed by atoms with Crippen LogP contribution in [0.1, 0.15) is 41.4 Å². The Morgan fingerprint density at radius 1 is 1.12 bits per heavy atom. The average molecular weight is 367 g/mol. The van der Waals surface area contributed by atoms with Crippen molar-refractivity contribution < 1.29 is 14.3 Å². The summed E-state index contributed by atoms with van der Waals surface area (Å²) in [7, 11) is 0. The number of carbonyl (C=O) groups is 2. The first-order chi connectivity index (χ1) is 12.6. The predicted octanol–water partition coefficient (Wildman–Crippen LogP) is 5.21. The van der Waals surface area contributed by atoms with Gasteiger partial charge in [-0.3, -0.25) is 4.79 Å². The number of hydrogen-bond donors (Lipinski definition) is 1. The number of rotatable bonds is 6. The van der Waals surface area contributed by atoms with E-state index in [2.05, 4.69) is 19.2 Å². The zero-order chi connectivity index (χ0) is 18.5. The maximum atomic E-state index is 12.2. The summed E-state index contributed by atoms with van der Waals surface area (Å²) in [5, 5.41) is 3.84. The molecule has 0 radical (unpaired) electrons. The van der Waals surface area contributed by atoms with Crippen LogP contribution in [-0.2, 0) is 9.53 Å². The minimum absolute atomic E-state index is 0.304. The highest BCUT2D eigenvalue weighted by atomic mass is 32.1. The summed E-state index contributed by atoms with van der Waals surface area (Å²) >= 11 is 1.36. The van der Waals surface area contributed by atoms with E-state index in [0.717, 1.165) is 27.8 Å². The van der Waals surface area contributed by atoms with Crippen LogP contribution in [0.15, 0.2) is 54.6 Å². The second-order valence-corrected chi connectivity index (χ2v) is 7.25. The van der Waals surface area contributed by atoms with Crippen molar-refractivity contribution >= 4 is 39.0 Å². The van der Waals surface area contributed by atoms with Crippen LogP contribution in [0, 0.1) is 0 Å². The monoisotopic (exact) mass is 367 g/mol. The third-order valence-electron chi connectivity index (χ3n) is 4.34. The van der Waals surface area contributed by atoms with Gasteiger partial charge in [0, 0.05) is 10.4 Å². The minimum atomic E-state index is -0.475. The van der Waals surface area contributed by atoms with Gasteiger partial charge in [-0.25, -0.2) is 4.79 Å². The predicted molar refractivity (Wildman–Crippen MR) is 106 cm³/mol. The third kappa shape index (κ3) is 4.11. The summed E-state index contributed by atoms with van der Waals surface area (Å²) in [5.41, 5.74) is 1.85. The van der Waals surface area contributed by atoms with Gasteiger partial charge in [0.15, 0.2) is 6.61 Å². The van der Waals surface area contributed by atoms with E-state index in [0.29, 0.717) is 10.8 Å². The number of amides is 1. The molecule has 0 spiro atoms. The molecule has 26 heavy (non-hydrogen) atoms. The summed E-state index contributed by atoms with van der Waals surface area (Å²) in [6.45, 7) is 3.92. The largest absolute Gasteiger partial charge is 0.451 e. The molecule has 134 valence electrons. The fourth-order valence-corrected chi connectivity index (χ4v) is 3.69. The van der Waals surface area contributed by atoms with E-state index < -0.39 is 5.97 Å². The van der Waals surface area contributed by atoms with Crippen molar-refractivity contribution in [2.24, 2.45) is 0 Å². The molecule has 0 aliphatic carbocycles. The van der Waals surface area contributed by atoms with Gasteiger partial charge in [-0.2, -0.15) is 0 Å². The Kier molecular flexibility index (Phi) is 5.68. The number of anilines is 1. The van der Waals surface area contributed by atoms with Crippen molar-refractivity contribution in [1.29, 1.82) is 0 Å². The molecule has 0 bridgehead atoms. The van der Waals surface area contributed by atoms with E-state index in [1.165, 1.54) is 11.3 Å². The van der Waals surface area contributed by atoms with E-state index in [1.807, 2.05) is 48.5 Å². The van der Waals surface area contributed by atoms with E-state index in [-0.39, 0.29) is 12.5 Å². The van der Waals surface area contributed by atoms with Crippen molar-refractivity contribution in [1.82, 2.24) is 0 Å². The van der Waals surface area contributed by atoms with Crippen LogP contribution in [0.5, 0.6) is 0 Å². The van der Waals surface area contributed by atoms with Gasteiger partial charge in [0.2, 0.25) is 0 Å². The van der Waals surface area contributed by atoms with Crippen LogP contribution in [0.4, 0.5) is 5.69 Å². The SMILES string of the molecule is CC[C@H](C)c1ccccc1NC(=O)COC(=O)c1cc2ccccc2s1. The van der Waals surface area contributed by atoms with E-state index in [1.54, 1.807) is 6.07 Å². The zero-order valence-electron chi connectivity index (χ0n) is 14.8. The standard InChI is InChI=1S/C21H21NO3S/c1-3-14(2)16-9-5-6-10-17(16)22-20(23)13-25-21(24)19-12-15-8-4-7-11-18(15)26-19/h4-12,14H,3,13H2,1-2H3,(H,22,23)/t14-/m0/s1. The number of carbonyl (C=O) groups excluding carboxylic acids is 2. The summed E-state index contributed by atoms with van der Waals surface area (Å²) < 4.78 is 6.20. The highest BCUT2D eigenvalue weighted by Gasteiger charge is 2.15. The lowest BCUT2D eigenvalue weighted by Crippen LogP contribution is -2.21. The van der Waals surface area contributed by atoms with Crippen LogP contribution >= 0.6 is 11.3 Å². The zero-order valence-corrected chi connectivity index (χ0v) is 15.6. The lowest BCUT2D eigenvalue weighted by molar-refractivity contribution is -0.119. The molecule has 0 saturated carbocycles. The van der Waals surface area contributed by atoms with E-state index in [4.69, 9.17) is 4.74 Å². The second-order valence-electron chi connectivity index (χ2n) is 6.17. The number of fused-ring (bicyclic) bond motifs is 1. The van der Waals surface area contributed by atoms with E-state index in [9.17, 15) is 9.59 Å². The Morgan fingerprint density at radius 3 is 2.62 bits per heavy atom. The van der Waals surface area contributed by atoms with Gasteiger partial charge in [-0.05, 0) is 41.5 Å². The first-order valence-electron chi connectivity index (χ1n) is 8.63. The molecule has 1 atom stereocenters. The van der Waals surface area contributed by atoms with Gasteiger partial charge >= 0.3 is 5.97 Å². The lowest BCUT2D eigenvalue weighted by Gasteiger charge is -2.15. The van der Waals surface area contributed by atoms with Crippen LogP contribution in [-0.4, -0.2) is 18.5 Å². The fraction of sp³-hybridized carbons (Fsp3) is 0.238. The Bertz CT molecular complexity index is 899. The smallest absolute Gasteiger partial charge is 0.348 e. The summed E-state index contributed by atoms with van der Waals surface area (Å²) in [4.78, 5) is 24.9. The number of nitrogens with one attached hydrogen (secondary N) is 1.